The van der Waals surface area contributed by atoms with Crippen molar-refractivity contribution >= 4 is 5.97 Å². The molecule has 0 aliphatic heterocycles. The Kier molecular flexibility index (Phi) is 5.81. The second kappa shape index (κ2) is 6.89. The molecule has 0 amide bonds. The standard InChI is InChI=1S/C13H24O3/c1-3-4-5-6-11-10(7-8-12(11)14)9-13(15)16-2/h10-12,14H,3-9H2,1-2H3/t10-,11-,12-/m0/s1. The number of methoxy groups -OCH3 is 1. The molecule has 0 aromatic carbocycles. The quantitative estimate of drug-likeness (QED) is 0.561. The van der Waals surface area contributed by atoms with Crippen LogP contribution in [0.3, 0.4) is 0 Å². The van der Waals surface area contributed by atoms with Crippen LogP contribution in [0.15, 0.2) is 0 Å². The Hall–Kier alpha value is -0.570. The SMILES string of the molecule is CCCCC[C@H]1[C@H](CC(=O)OC)CC[C@@H]1O. The number of aliphatic hydroxyl groups excluding tert-OH is 1. The number of rotatable bonds is 6. The molecule has 1 aliphatic rings. The molecule has 1 rings (SSSR count). The van der Waals surface area contributed by atoms with Gasteiger partial charge in [0.05, 0.1) is 13.2 Å². The molecule has 94 valence electrons. The van der Waals surface area contributed by atoms with Gasteiger partial charge < -0.3 is 9.84 Å². The number of esters is 1. The fraction of sp³-hybridized carbons (Fsp3) is 0.923. The van der Waals surface area contributed by atoms with Crippen LogP contribution < -0.4 is 0 Å². The largest absolute Gasteiger partial charge is 0.469 e. The van der Waals surface area contributed by atoms with Crippen molar-refractivity contribution in [2.24, 2.45) is 11.8 Å². The number of hydrogen-bond donors (Lipinski definition) is 1. The zero-order chi connectivity index (χ0) is 12.0. The van der Waals surface area contributed by atoms with E-state index in [1.165, 1.54) is 20.0 Å². The van der Waals surface area contributed by atoms with Crippen LogP contribution in [0.2, 0.25) is 0 Å². The second-order valence-corrected chi connectivity index (χ2v) is 4.84. The molecule has 0 aromatic heterocycles. The molecule has 1 N–H and O–H groups in total. The van der Waals surface area contributed by atoms with E-state index in [2.05, 4.69) is 6.92 Å². The normalized spacial score (nSPS) is 29.3. The maximum absolute atomic E-state index is 11.2. The van der Waals surface area contributed by atoms with E-state index in [0.717, 1.165) is 25.7 Å². The number of carbonyl (C=O) groups is 1. The first kappa shape index (κ1) is 13.5. The molecule has 0 bridgehead atoms. The second-order valence-electron chi connectivity index (χ2n) is 4.84. The van der Waals surface area contributed by atoms with Crippen LogP contribution in [-0.2, 0) is 9.53 Å². The van der Waals surface area contributed by atoms with E-state index in [0.29, 0.717) is 18.3 Å². The van der Waals surface area contributed by atoms with Gasteiger partial charge in [-0.15, -0.1) is 0 Å². The van der Waals surface area contributed by atoms with E-state index >= 15 is 0 Å². The number of ether oxygens (including phenoxy) is 1. The third-order valence-corrected chi connectivity index (χ3v) is 3.73. The Morgan fingerprint density at radius 3 is 2.75 bits per heavy atom. The number of aliphatic hydroxyl groups is 1. The summed E-state index contributed by atoms with van der Waals surface area (Å²) in [5.74, 6) is 0.504. The third-order valence-electron chi connectivity index (χ3n) is 3.73. The summed E-state index contributed by atoms with van der Waals surface area (Å²) in [5, 5.41) is 9.89. The lowest BCUT2D eigenvalue weighted by molar-refractivity contribution is -0.142. The lowest BCUT2D eigenvalue weighted by atomic mass is 9.87. The predicted molar refractivity (Wildman–Crippen MR) is 63.0 cm³/mol. The summed E-state index contributed by atoms with van der Waals surface area (Å²) in [4.78, 5) is 11.2. The molecule has 16 heavy (non-hydrogen) atoms. The maximum Gasteiger partial charge on any atom is 0.305 e. The van der Waals surface area contributed by atoms with Crippen molar-refractivity contribution in [1.82, 2.24) is 0 Å². The van der Waals surface area contributed by atoms with Gasteiger partial charge in [-0.3, -0.25) is 4.79 Å². The van der Waals surface area contributed by atoms with Crippen molar-refractivity contribution in [3.63, 3.8) is 0 Å². The van der Waals surface area contributed by atoms with Crippen molar-refractivity contribution < 1.29 is 14.6 Å². The van der Waals surface area contributed by atoms with Gasteiger partial charge in [0.2, 0.25) is 0 Å². The highest BCUT2D eigenvalue weighted by atomic mass is 16.5. The smallest absolute Gasteiger partial charge is 0.305 e. The van der Waals surface area contributed by atoms with E-state index in [9.17, 15) is 9.90 Å². The summed E-state index contributed by atoms with van der Waals surface area (Å²) in [6.07, 6.45) is 6.72. The molecule has 0 heterocycles. The van der Waals surface area contributed by atoms with Crippen LogP contribution in [0.5, 0.6) is 0 Å². The monoisotopic (exact) mass is 228 g/mol. The van der Waals surface area contributed by atoms with Crippen LogP contribution >= 0.6 is 0 Å². The van der Waals surface area contributed by atoms with Crippen LogP contribution in [0, 0.1) is 11.8 Å². The van der Waals surface area contributed by atoms with Gasteiger partial charge in [0.1, 0.15) is 0 Å². The zero-order valence-electron chi connectivity index (χ0n) is 10.4. The van der Waals surface area contributed by atoms with E-state index in [4.69, 9.17) is 4.74 Å². The van der Waals surface area contributed by atoms with Crippen LogP contribution in [-0.4, -0.2) is 24.3 Å². The molecule has 1 aliphatic carbocycles. The first-order valence-corrected chi connectivity index (χ1v) is 6.44. The highest BCUT2D eigenvalue weighted by Crippen LogP contribution is 2.37. The van der Waals surface area contributed by atoms with Gasteiger partial charge in [0, 0.05) is 6.42 Å². The predicted octanol–water partition coefficient (Wildman–Crippen LogP) is 2.52. The lowest BCUT2D eigenvalue weighted by Crippen LogP contribution is -2.21. The maximum atomic E-state index is 11.2. The Morgan fingerprint density at radius 1 is 1.38 bits per heavy atom. The molecule has 0 spiro atoms. The molecule has 3 heteroatoms. The summed E-state index contributed by atoms with van der Waals surface area (Å²) < 4.78 is 4.70. The molecular weight excluding hydrogens is 204 g/mol. The van der Waals surface area contributed by atoms with Crippen molar-refractivity contribution in [2.45, 2.75) is 58.0 Å². The third kappa shape index (κ3) is 3.78. The highest BCUT2D eigenvalue weighted by Gasteiger charge is 2.35. The highest BCUT2D eigenvalue weighted by molar-refractivity contribution is 5.69. The topological polar surface area (TPSA) is 46.5 Å². The van der Waals surface area contributed by atoms with Crippen LogP contribution in [0.25, 0.3) is 0 Å². The minimum atomic E-state index is -0.202. The zero-order valence-corrected chi connectivity index (χ0v) is 10.4. The average Bonchev–Trinajstić information content (AvgIpc) is 2.61. The minimum absolute atomic E-state index is 0.139. The minimum Gasteiger partial charge on any atom is -0.469 e. The molecule has 0 saturated heterocycles. The molecule has 3 atom stereocenters. The van der Waals surface area contributed by atoms with E-state index in [1.54, 1.807) is 0 Å². The lowest BCUT2D eigenvalue weighted by Gasteiger charge is -2.21. The van der Waals surface area contributed by atoms with Gasteiger partial charge in [-0.2, -0.15) is 0 Å². The Balaban J connectivity index is 2.39. The van der Waals surface area contributed by atoms with Gasteiger partial charge >= 0.3 is 5.97 Å². The van der Waals surface area contributed by atoms with Gasteiger partial charge in [0.15, 0.2) is 0 Å². The molecule has 3 nitrogen and oxygen atoms in total. The fourth-order valence-electron chi connectivity index (χ4n) is 2.74. The molecular formula is C13H24O3. The fourth-order valence-corrected chi connectivity index (χ4v) is 2.74. The molecule has 0 aromatic rings. The molecule has 0 radical (unpaired) electrons. The average molecular weight is 228 g/mol. The van der Waals surface area contributed by atoms with Crippen molar-refractivity contribution in [2.75, 3.05) is 7.11 Å². The van der Waals surface area contributed by atoms with E-state index in [-0.39, 0.29) is 12.1 Å². The van der Waals surface area contributed by atoms with Crippen molar-refractivity contribution in [1.29, 1.82) is 0 Å². The van der Waals surface area contributed by atoms with Gasteiger partial charge in [-0.1, -0.05) is 26.2 Å². The van der Waals surface area contributed by atoms with E-state index < -0.39 is 0 Å². The van der Waals surface area contributed by atoms with Gasteiger partial charge in [0.25, 0.3) is 0 Å². The van der Waals surface area contributed by atoms with Crippen molar-refractivity contribution in [3.8, 4) is 0 Å². The Bertz CT molecular complexity index is 215. The van der Waals surface area contributed by atoms with Crippen LogP contribution in [0.1, 0.15) is 51.9 Å². The first-order valence-electron chi connectivity index (χ1n) is 6.44. The Morgan fingerprint density at radius 2 is 2.12 bits per heavy atom. The summed E-state index contributed by atoms with van der Waals surface area (Å²) in [6, 6.07) is 0. The Labute approximate surface area is 98.2 Å². The van der Waals surface area contributed by atoms with Gasteiger partial charge in [-0.05, 0) is 31.1 Å². The summed E-state index contributed by atoms with van der Waals surface area (Å²) >= 11 is 0. The van der Waals surface area contributed by atoms with Gasteiger partial charge in [-0.25, -0.2) is 0 Å². The summed E-state index contributed by atoms with van der Waals surface area (Å²) in [6.45, 7) is 2.18. The van der Waals surface area contributed by atoms with E-state index in [1.807, 2.05) is 0 Å². The molecule has 1 saturated carbocycles. The summed E-state index contributed by atoms with van der Waals surface area (Å²) in [7, 11) is 1.43. The van der Waals surface area contributed by atoms with Crippen molar-refractivity contribution in [3.05, 3.63) is 0 Å². The molecule has 1 fully saturated rings. The number of hydrogen-bond acceptors (Lipinski definition) is 3. The number of carbonyl (C=O) groups excluding carboxylic acids is 1. The molecule has 0 unspecified atom stereocenters. The summed E-state index contributed by atoms with van der Waals surface area (Å²) in [5.41, 5.74) is 0. The number of unbranched alkanes of at least 4 members (excludes halogenated alkanes) is 2. The van der Waals surface area contributed by atoms with Crippen LogP contribution in [0.4, 0.5) is 0 Å². The first-order chi connectivity index (χ1) is 7.69.